The van der Waals surface area contributed by atoms with E-state index in [0.29, 0.717) is 24.6 Å². The molecular weight excluding hydrogens is 422 g/mol. The fourth-order valence-corrected chi connectivity index (χ4v) is 2.04. The van der Waals surface area contributed by atoms with Crippen LogP contribution in [0.15, 0.2) is 29.3 Å². The van der Waals surface area contributed by atoms with Gasteiger partial charge in [0.05, 0.1) is 0 Å². The highest BCUT2D eigenvalue weighted by molar-refractivity contribution is 14.0. The SMILES string of the molecule is CCNC(=NCC(=O)N(C)C)NCC(C)(C)c1ccccc1F.I. The zero-order valence-corrected chi connectivity index (χ0v) is 17.3. The number of carbonyl (C=O) groups excluding carboxylic acids is 1. The maximum Gasteiger partial charge on any atom is 0.243 e. The van der Waals surface area contributed by atoms with E-state index < -0.39 is 5.41 Å². The van der Waals surface area contributed by atoms with Gasteiger partial charge in [0, 0.05) is 32.6 Å². The summed E-state index contributed by atoms with van der Waals surface area (Å²) in [7, 11) is 3.39. The molecule has 0 saturated carbocycles. The molecule has 24 heavy (non-hydrogen) atoms. The van der Waals surface area contributed by atoms with Crippen LogP contribution in [0.2, 0.25) is 0 Å². The minimum atomic E-state index is -0.410. The Morgan fingerprint density at radius 3 is 2.42 bits per heavy atom. The first-order valence-corrected chi connectivity index (χ1v) is 7.75. The molecule has 136 valence electrons. The van der Waals surface area contributed by atoms with Crippen molar-refractivity contribution in [2.24, 2.45) is 4.99 Å². The van der Waals surface area contributed by atoms with E-state index in [4.69, 9.17) is 0 Å². The van der Waals surface area contributed by atoms with Gasteiger partial charge in [-0.25, -0.2) is 9.38 Å². The highest BCUT2D eigenvalue weighted by Gasteiger charge is 2.24. The number of carbonyl (C=O) groups is 1. The Morgan fingerprint density at radius 2 is 1.88 bits per heavy atom. The van der Waals surface area contributed by atoms with Crippen molar-refractivity contribution in [3.63, 3.8) is 0 Å². The summed E-state index contributed by atoms with van der Waals surface area (Å²) < 4.78 is 14.0. The number of amides is 1. The monoisotopic (exact) mass is 450 g/mol. The van der Waals surface area contributed by atoms with Crippen LogP contribution in [0.25, 0.3) is 0 Å². The number of nitrogens with one attached hydrogen (secondary N) is 2. The number of nitrogens with zero attached hydrogens (tertiary/aromatic N) is 2. The molecule has 0 aliphatic heterocycles. The first kappa shape index (κ1) is 22.6. The molecule has 0 heterocycles. The Labute approximate surface area is 161 Å². The summed E-state index contributed by atoms with van der Waals surface area (Å²) in [6, 6.07) is 6.76. The van der Waals surface area contributed by atoms with Gasteiger partial charge >= 0.3 is 0 Å². The van der Waals surface area contributed by atoms with Crippen molar-refractivity contribution in [1.29, 1.82) is 0 Å². The first-order chi connectivity index (χ1) is 10.8. The number of hydrogen-bond donors (Lipinski definition) is 2. The second kappa shape index (κ2) is 10.5. The number of rotatable bonds is 6. The van der Waals surface area contributed by atoms with Crippen molar-refractivity contribution in [2.75, 3.05) is 33.7 Å². The van der Waals surface area contributed by atoms with Gasteiger partial charge < -0.3 is 15.5 Å². The molecule has 1 rings (SSSR count). The van der Waals surface area contributed by atoms with E-state index in [1.54, 1.807) is 26.2 Å². The van der Waals surface area contributed by atoms with Crippen molar-refractivity contribution in [1.82, 2.24) is 15.5 Å². The lowest BCUT2D eigenvalue weighted by Crippen LogP contribution is -2.44. The molecule has 1 amide bonds. The van der Waals surface area contributed by atoms with Gasteiger partial charge in [-0.3, -0.25) is 4.79 Å². The molecule has 1 aromatic rings. The first-order valence-electron chi connectivity index (χ1n) is 7.75. The topological polar surface area (TPSA) is 56.7 Å². The highest BCUT2D eigenvalue weighted by atomic mass is 127. The van der Waals surface area contributed by atoms with E-state index in [2.05, 4.69) is 15.6 Å². The number of aliphatic imine (C=N–C) groups is 1. The van der Waals surface area contributed by atoms with E-state index in [1.165, 1.54) is 11.0 Å². The van der Waals surface area contributed by atoms with Crippen LogP contribution in [-0.2, 0) is 10.2 Å². The molecule has 7 heteroatoms. The van der Waals surface area contributed by atoms with Crippen molar-refractivity contribution in [2.45, 2.75) is 26.2 Å². The summed E-state index contributed by atoms with van der Waals surface area (Å²) in [5.41, 5.74) is 0.236. The molecule has 5 nitrogen and oxygen atoms in total. The standard InChI is InChI=1S/C17H27FN4O.HI/c1-6-19-16(20-11-15(23)22(4)5)21-12-17(2,3)13-9-7-8-10-14(13)18;/h7-10H,6,11-12H2,1-5H3,(H2,19,20,21);1H. The third kappa shape index (κ3) is 7.02. The van der Waals surface area contributed by atoms with Crippen LogP contribution in [0.5, 0.6) is 0 Å². The molecule has 2 N–H and O–H groups in total. The molecule has 0 aliphatic carbocycles. The summed E-state index contributed by atoms with van der Waals surface area (Å²) in [5, 5.41) is 6.27. The Kier molecular flexibility index (Phi) is 9.88. The average Bonchev–Trinajstić information content (AvgIpc) is 2.49. The lowest BCUT2D eigenvalue weighted by molar-refractivity contribution is -0.127. The lowest BCUT2D eigenvalue weighted by Gasteiger charge is -2.27. The average molecular weight is 450 g/mol. The second-order valence-corrected chi connectivity index (χ2v) is 6.20. The van der Waals surface area contributed by atoms with Crippen molar-refractivity contribution < 1.29 is 9.18 Å². The Hall–Kier alpha value is -1.38. The summed E-state index contributed by atoms with van der Waals surface area (Å²) in [4.78, 5) is 17.4. The summed E-state index contributed by atoms with van der Waals surface area (Å²) in [6.07, 6.45) is 0. The molecular formula is C17H28FIN4O. The fraction of sp³-hybridized carbons (Fsp3) is 0.529. The molecule has 0 atom stereocenters. The Morgan fingerprint density at radius 1 is 1.25 bits per heavy atom. The van der Waals surface area contributed by atoms with Gasteiger partial charge in [0.15, 0.2) is 5.96 Å². The largest absolute Gasteiger partial charge is 0.357 e. The van der Waals surface area contributed by atoms with E-state index in [0.717, 1.165) is 0 Å². The lowest BCUT2D eigenvalue weighted by atomic mass is 9.84. The maximum atomic E-state index is 14.0. The molecule has 0 fully saturated rings. The molecule has 0 radical (unpaired) electrons. The minimum Gasteiger partial charge on any atom is -0.357 e. The fourth-order valence-electron chi connectivity index (χ4n) is 2.04. The smallest absolute Gasteiger partial charge is 0.243 e. The second-order valence-electron chi connectivity index (χ2n) is 6.20. The van der Waals surface area contributed by atoms with Crippen LogP contribution in [0, 0.1) is 5.82 Å². The van der Waals surface area contributed by atoms with Crippen LogP contribution in [0.3, 0.4) is 0 Å². The molecule has 0 aromatic heterocycles. The number of guanidine groups is 1. The van der Waals surface area contributed by atoms with Crippen LogP contribution >= 0.6 is 24.0 Å². The van der Waals surface area contributed by atoms with Gasteiger partial charge in [-0.15, -0.1) is 24.0 Å². The maximum absolute atomic E-state index is 14.0. The zero-order chi connectivity index (χ0) is 17.5. The van der Waals surface area contributed by atoms with Gasteiger partial charge in [0.25, 0.3) is 0 Å². The molecule has 0 bridgehead atoms. The van der Waals surface area contributed by atoms with E-state index >= 15 is 0 Å². The van der Waals surface area contributed by atoms with Crippen molar-refractivity contribution >= 4 is 35.8 Å². The number of hydrogen-bond acceptors (Lipinski definition) is 2. The molecule has 0 saturated heterocycles. The van der Waals surface area contributed by atoms with E-state index in [9.17, 15) is 9.18 Å². The van der Waals surface area contributed by atoms with Crippen LogP contribution in [-0.4, -0.2) is 50.5 Å². The molecule has 0 spiro atoms. The van der Waals surface area contributed by atoms with Gasteiger partial charge in [0.2, 0.25) is 5.91 Å². The van der Waals surface area contributed by atoms with Gasteiger partial charge in [0.1, 0.15) is 12.4 Å². The van der Waals surface area contributed by atoms with Crippen LogP contribution in [0.4, 0.5) is 4.39 Å². The van der Waals surface area contributed by atoms with Gasteiger partial charge in [-0.2, -0.15) is 0 Å². The highest BCUT2D eigenvalue weighted by Crippen LogP contribution is 2.24. The van der Waals surface area contributed by atoms with Crippen molar-refractivity contribution in [3.8, 4) is 0 Å². The Balaban J connectivity index is 0.00000529. The molecule has 1 aromatic carbocycles. The van der Waals surface area contributed by atoms with Crippen molar-refractivity contribution in [3.05, 3.63) is 35.6 Å². The van der Waals surface area contributed by atoms with E-state index in [-0.39, 0.29) is 42.2 Å². The van der Waals surface area contributed by atoms with Crippen LogP contribution < -0.4 is 10.6 Å². The molecule has 0 unspecified atom stereocenters. The summed E-state index contributed by atoms with van der Waals surface area (Å²) in [5.74, 6) is 0.256. The zero-order valence-electron chi connectivity index (χ0n) is 15.0. The number of benzene rings is 1. The van der Waals surface area contributed by atoms with Gasteiger partial charge in [-0.05, 0) is 18.6 Å². The third-order valence-corrected chi connectivity index (χ3v) is 3.52. The van der Waals surface area contributed by atoms with Gasteiger partial charge in [-0.1, -0.05) is 32.0 Å². The summed E-state index contributed by atoms with van der Waals surface area (Å²) >= 11 is 0. The summed E-state index contributed by atoms with van der Waals surface area (Å²) in [6.45, 7) is 7.13. The normalized spacial score (nSPS) is 11.5. The van der Waals surface area contributed by atoms with E-state index in [1.807, 2.05) is 26.8 Å². The quantitative estimate of drug-likeness (QED) is 0.398. The third-order valence-electron chi connectivity index (χ3n) is 3.52. The minimum absolute atomic E-state index is 0. The molecule has 0 aliphatic rings. The number of halogens is 2. The number of likely N-dealkylation sites (N-methyl/N-ethyl adjacent to an activating group) is 1. The predicted octanol–water partition coefficient (Wildman–Crippen LogP) is 2.36. The van der Waals surface area contributed by atoms with Crippen LogP contribution in [0.1, 0.15) is 26.3 Å². The Bertz CT molecular complexity index is 561. The predicted molar refractivity (Wildman–Crippen MR) is 108 cm³/mol.